The van der Waals surface area contributed by atoms with Crippen LogP contribution in [0.15, 0.2) is 48.5 Å². The van der Waals surface area contributed by atoms with Crippen LogP contribution in [0.2, 0.25) is 0 Å². The molecule has 2 atom stereocenters. The van der Waals surface area contributed by atoms with Gasteiger partial charge in [-0.05, 0) is 16.7 Å². The highest BCUT2D eigenvalue weighted by Gasteiger charge is 2.41. The van der Waals surface area contributed by atoms with Gasteiger partial charge >= 0.3 is 0 Å². The molecule has 0 aliphatic carbocycles. The van der Waals surface area contributed by atoms with Crippen molar-refractivity contribution in [3.8, 4) is 0 Å². The van der Waals surface area contributed by atoms with Gasteiger partial charge in [-0.25, -0.2) is 0 Å². The molecule has 4 rings (SSSR count). The lowest BCUT2D eigenvalue weighted by atomic mass is 9.93. The number of hydrogen-bond acceptors (Lipinski definition) is 2. The number of ketones is 1. The first-order valence-corrected chi connectivity index (χ1v) is 5.84. The summed E-state index contributed by atoms with van der Waals surface area (Å²) in [5.74, 6) is 0.196. The van der Waals surface area contributed by atoms with E-state index in [9.17, 15) is 4.79 Å². The summed E-state index contributed by atoms with van der Waals surface area (Å²) in [6.07, 6.45) is 0. The van der Waals surface area contributed by atoms with Crippen molar-refractivity contribution < 1.29 is 4.79 Å². The Morgan fingerprint density at radius 3 is 2.12 bits per heavy atom. The Balaban J connectivity index is 2.04. The summed E-state index contributed by atoms with van der Waals surface area (Å²) in [5, 5.41) is 3.41. The predicted molar refractivity (Wildman–Crippen MR) is 64.9 cm³/mol. The van der Waals surface area contributed by atoms with Crippen LogP contribution >= 0.6 is 0 Å². The van der Waals surface area contributed by atoms with Crippen LogP contribution in [-0.2, 0) is 0 Å². The summed E-state index contributed by atoms with van der Waals surface area (Å²) in [5.41, 5.74) is 4.37. The second-order valence-corrected chi connectivity index (χ2v) is 4.61. The second-order valence-electron chi connectivity index (χ2n) is 4.61. The third kappa shape index (κ3) is 1.06. The topological polar surface area (TPSA) is 29.1 Å². The molecule has 1 N–H and O–H groups in total. The summed E-state index contributed by atoms with van der Waals surface area (Å²) in [4.78, 5) is 12.4. The average Bonchev–Trinajstić information content (AvgIpc) is 2.73. The lowest BCUT2D eigenvalue weighted by Gasteiger charge is -2.23. The molecule has 0 saturated heterocycles. The Morgan fingerprint density at radius 1 is 0.765 bits per heavy atom. The van der Waals surface area contributed by atoms with E-state index in [-0.39, 0.29) is 17.9 Å². The second kappa shape index (κ2) is 3.05. The number of hydrogen-bond donors (Lipinski definition) is 1. The number of carbonyl (C=O) groups is 1. The normalized spacial score (nSPS) is 24.4. The van der Waals surface area contributed by atoms with E-state index in [0.29, 0.717) is 0 Å². The number of Topliss-reactive ketones (excluding diaryl/α,β-unsaturated/α-hetero) is 1. The SMILES string of the molecule is O=C1c2ccccc2C2NC1c1ccccc12. The minimum absolute atomic E-state index is 0.147. The molecule has 2 heterocycles. The first-order chi connectivity index (χ1) is 8.36. The molecule has 0 fully saturated rings. The first-order valence-electron chi connectivity index (χ1n) is 5.84. The van der Waals surface area contributed by atoms with Gasteiger partial charge in [0.15, 0.2) is 5.78 Å². The van der Waals surface area contributed by atoms with Crippen LogP contribution in [0.4, 0.5) is 0 Å². The predicted octanol–water partition coefficient (Wildman–Crippen LogP) is 2.62. The average molecular weight is 221 g/mol. The molecule has 0 amide bonds. The molecule has 2 aromatic rings. The molecule has 0 spiro atoms. The fourth-order valence-corrected chi connectivity index (χ4v) is 2.99. The van der Waals surface area contributed by atoms with Crippen LogP contribution in [0.1, 0.15) is 39.1 Å². The van der Waals surface area contributed by atoms with E-state index >= 15 is 0 Å². The van der Waals surface area contributed by atoms with Crippen molar-refractivity contribution >= 4 is 5.78 Å². The van der Waals surface area contributed by atoms with Crippen LogP contribution in [0, 0.1) is 0 Å². The summed E-state index contributed by atoms with van der Waals surface area (Å²) in [7, 11) is 0. The number of carbonyl (C=O) groups excluding carboxylic acids is 1. The van der Waals surface area contributed by atoms with Crippen LogP contribution in [-0.4, -0.2) is 5.78 Å². The molecule has 2 bridgehead atoms. The molecule has 17 heavy (non-hydrogen) atoms. The Morgan fingerprint density at radius 2 is 1.35 bits per heavy atom. The largest absolute Gasteiger partial charge is 0.293 e. The van der Waals surface area contributed by atoms with E-state index in [1.165, 1.54) is 5.56 Å². The standard InChI is InChI=1S/C15H11NO/c17-15-12-8-4-3-7-11(12)13-9-5-1-2-6-10(9)14(15)16-13/h1-8,13-14,16H. The molecule has 2 aliphatic heterocycles. The molecule has 2 heteroatoms. The van der Waals surface area contributed by atoms with Crippen molar-refractivity contribution in [2.45, 2.75) is 12.1 Å². The monoisotopic (exact) mass is 221 g/mol. The van der Waals surface area contributed by atoms with Gasteiger partial charge in [-0.2, -0.15) is 0 Å². The molecule has 2 aliphatic rings. The van der Waals surface area contributed by atoms with Gasteiger partial charge < -0.3 is 0 Å². The maximum Gasteiger partial charge on any atom is 0.184 e. The Hall–Kier alpha value is -1.93. The molecular formula is C15H11NO. The quantitative estimate of drug-likeness (QED) is 0.741. The summed E-state index contributed by atoms with van der Waals surface area (Å²) < 4.78 is 0. The summed E-state index contributed by atoms with van der Waals surface area (Å²) in [6, 6.07) is 16.2. The third-order valence-electron chi connectivity index (χ3n) is 3.75. The van der Waals surface area contributed by atoms with E-state index in [0.717, 1.165) is 16.7 Å². The highest BCUT2D eigenvalue weighted by atomic mass is 16.1. The number of rotatable bonds is 0. The summed E-state index contributed by atoms with van der Waals surface area (Å²) >= 11 is 0. The zero-order valence-corrected chi connectivity index (χ0v) is 9.18. The fourth-order valence-electron chi connectivity index (χ4n) is 2.99. The highest BCUT2D eigenvalue weighted by molar-refractivity contribution is 6.04. The number of nitrogens with one attached hydrogen (secondary N) is 1. The highest BCUT2D eigenvalue weighted by Crippen LogP contribution is 2.43. The fraction of sp³-hybridized carbons (Fsp3) is 0.133. The van der Waals surface area contributed by atoms with E-state index < -0.39 is 0 Å². The van der Waals surface area contributed by atoms with Crippen molar-refractivity contribution in [2.75, 3.05) is 0 Å². The van der Waals surface area contributed by atoms with Crippen molar-refractivity contribution in [2.24, 2.45) is 0 Å². The van der Waals surface area contributed by atoms with Gasteiger partial charge in [-0.15, -0.1) is 0 Å². The smallest absolute Gasteiger partial charge is 0.184 e. The molecule has 2 aromatic carbocycles. The van der Waals surface area contributed by atoms with Gasteiger partial charge in [0, 0.05) is 5.56 Å². The third-order valence-corrected chi connectivity index (χ3v) is 3.75. The van der Waals surface area contributed by atoms with Gasteiger partial charge in [-0.1, -0.05) is 48.5 Å². The van der Waals surface area contributed by atoms with Crippen molar-refractivity contribution in [1.82, 2.24) is 5.32 Å². The first kappa shape index (κ1) is 9.14. The molecule has 82 valence electrons. The maximum atomic E-state index is 12.4. The minimum atomic E-state index is -0.147. The van der Waals surface area contributed by atoms with E-state index in [1.807, 2.05) is 36.4 Å². The lowest BCUT2D eigenvalue weighted by molar-refractivity contribution is 0.0934. The molecule has 2 unspecified atom stereocenters. The van der Waals surface area contributed by atoms with Gasteiger partial charge in [0.2, 0.25) is 0 Å². The molecular weight excluding hydrogens is 210 g/mol. The molecule has 2 nitrogen and oxygen atoms in total. The van der Waals surface area contributed by atoms with Gasteiger partial charge in [-0.3, -0.25) is 10.1 Å². The minimum Gasteiger partial charge on any atom is -0.293 e. The van der Waals surface area contributed by atoms with Crippen LogP contribution in [0.5, 0.6) is 0 Å². The Bertz CT molecular complexity index is 632. The van der Waals surface area contributed by atoms with Crippen LogP contribution < -0.4 is 5.32 Å². The molecule has 0 saturated carbocycles. The Kier molecular flexibility index (Phi) is 1.64. The van der Waals surface area contributed by atoms with Gasteiger partial charge in [0.05, 0.1) is 12.1 Å². The lowest BCUT2D eigenvalue weighted by Crippen LogP contribution is -2.32. The zero-order chi connectivity index (χ0) is 11.4. The van der Waals surface area contributed by atoms with E-state index in [4.69, 9.17) is 0 Å². The van der Waals surface area contributed by atoms with Gasteiger partial charge in [0.25, 0.3) is 0 Å². The van der Waals surface area contributed by atoms with Gasteiger partial charge in [0.1, 0.15) is 0 Å². The van der Waals surface area contributed by atoms with E-state index in [2.05, 4.69) is 17.4 Å². The molecule has 0 radical (unpaired) electrons. The maximum absolute atomic E-state index is 12.4. The van der Waals surface area contributed by atoms with Crippen molar-refractivity contribution in [3.63, 3.8) is 0 Å². The Labute approximate surface area is 99.3 Å². The number of benzene rings is 2. The van der Waals surface area contributed by atoms with E-state index in [1.54, 1.807) is 0 Å². The van der Waals surface area contributed by atoms with Crippen molar-refractivity contribution in [1.29, 1.82) is 0 Å². The van der Waals surface area contributed by atoms with Crippen molar-refractivity contribution in [3.05, 3.63) is 70.8 Å². The summed E-state index contributed by atoms with van der Waals surface area (Å²) in [6.45, 7) is 0. The molecule has 0 aromatic heterocycles. The van der Waals surface area contributed by atoms with Crippen LogP contribution in [0.25, 0.3) is 0 Å². The van der Waals surface area contributed by atoms with Crippen LogP contribution in [0.3, 0.4) is 0 Å². The number of fused-ring (bicyclic) bond motifs is 7. The zero-order valence-electron chi connectivity index (χ0n) is 9.18.